The molecule has 0 saturated carbocycles. The highest BCUT2D eigenvalue weighted by atomic mass is 16.5. The Hall–Kier alpha value is -1.14. The maximum absolute atomic E-state index is 11.7. The summed E-state index contributed by atoms with van der Waals surface area (Å²) < 4.78 is 10.1. The molecule has 1 rings (SSSR count). The van der Waals surface area contributed by atoms with Crippen molar-refractivity contribution in [2.45, 2.75) is 18.9 Å². The molecule has 1 unspecified atom stereocenters. The first kappa shape index (κ1) is 12.9. The van der Waals surface area contributed by atoms with Crippen LogP contribution >= 0.6 is 0 Å². The maximum atomic E-state index is 11.7. The fourth-order valence-corrected chi connectivity index (χ4v) is 1.95. The molecular weight excluding hydrogens is 210 g/mol. The number of ether oxygens (including phenoxy) is 2. The van der Waals surface area contributed by atoms with Gasteiger partial charge in [-0.1, -0.05) is 6.92 Å². The predicted molar refractivity (Wildman–Crippen MR) is 60.5 cm³/mol. The molecule has 1 atom stereocenters. The average molecular weight is 229 g/mol. The molecule has 0 aromatic heterocycles. The Balaban J connectivity index is 2.90. The van der Waals surface area contributed by atoms with Gasteiger partial charge in [-0.05, 0) is 6.42 Å². The standard InChI is InChI=1S/C10H19N3O3/c1-4-10(7-16-3)8(11)12-9(14)13(10)5-6-15-2/h4-7H2,1-3H3,(H2,11,12,14). The molecule has 0 fully saturated rings. The zero-order valence-corrected chi connectivity index (χ0v) is 10.0. The van der Waals surface area contributed by atoms with Gasteiger partial charge >= 0.3 is 6.03 Å². The molecule has 0 bridgehead atoms. The molecule has 1 aliphatic heterocycles. The summed E-state index contributed by atoms with van der Waals surface area (Å²) in [5.74, 6) is 0.331. The fraction of sp³-hybridized carbons (Fsp3) is 0.800. The normalized spacial score (nSPS) is 25.1. The summed E-state index contributed by atoms with van der Waals surface area (Å²) in [7, 11) is 3.18. The van der Waals surface area contributed by atoms with Crippen molar-refractivity contribution in [2.24, 2.45) is 10.7 Å². The van der Waals surface area contributed by atoms with E-state index in [4.69, 9.17) is 15.2 Å². The summed E-state index contributed by atoms with van der Waals surface area (Å²) in [4.78, 5) is 17.1. The number of aliphatic imine (C=N–C) groups is 1. The van der Waals surface area contributed by atoms with Crippen LogP contribution in [0.15, 0.2) is 4.99 Å². The van der Waals surface area contributed by atoms with E-state index >= 15 is 0 Å². The lowest BCUT2D eigenvalue weighted by atomic mass is 9.94. The van der Waals surface area contributed by atoms with Gasteiger partial charge in [0.2, 0.25) is 0 Å². The molecule has 6 nitrogen and oxygen atoms in total. The minimum atomic E-state index is -0.607. The van der Waals surface area contributed by atoms with Crippen molar-refractivity contribution in [3.63, 3.8) is 0 Å². The van der Waals surface area contributed by atoms with Crippen LogP contribution in [0.25, 0.3) is 0 Å². The third-order valence-corrected chi connectivity index (χ3v) is 2.93. The Labute approximate surface area is 95.4 Å². The number of carbonyl (C=O) groups excluding carboxylic acids is 1. The van der Waals surface area contributed by atoms with Gasteiger partial charge in [0.05, 0.1) is 13.2 Å². The molecule has 16 heavy (non-hydrogen) atoms. The van der Waals surface area contributed by atoms with Crippen LogP contribution in [0.5, 0.6) is 0 Å². The minimum Gasteiger partial charge on any atom is -0.385 e. The number of amidine groups is 1. The molecule has 0 saturated heterocycles. The van der Waals surface area contributed by atoms with Crippen LogP contribution in [0.2, 0.25) is 0 Å². The number of nitrogens with two attached hydrogens (primary N) is 1. The molecule has 2 amide bonds. The van der Waals surface area contributed by atoms with Crippen molar-refractivity contribution in [3.8, 4) is 0 Å². The quantitative estimate of drug-likeness (QED) is 0.706. The molecule has 0 aromatic rings. The molecule has 0 radical (unpaired) electrons. The molecule has 1 aliphatic rings. The van der Waals surface area contributed by atoms with Gasteiger partial charge in [-0.3, -0.25) is 0 Å². The highest BCUT2D eigenvalue weighted by Crippen LogP contribution is 2.27. The molecule has 0 spiro atoms. The van der Waals surface area contributed by atoms with E-state index < -0.39 is 5.54 Å². The summed E-state index contributed by atoms with van der Waals surface area (Å²) in [5.41, 5.74) is 5.22. The van der Waals surface area contributed by atoms with E-state index in [-0.39, 0.29) is 6.03 Å². The predicted octanol–water partition coefficient (Wildman–Crippen LogP) is 0.221. The molecular formula is C10H19N3O3. The number of methoxy groups -OCH3 is 2. The van der Waals surface area contributed by atoms with Crippen molar-refractivity contribution < 1.29 is 14.3 Å². The summed E-state index contributed by atoms with van der Waals surface area (Å²) >= 11 is 0. The van der Waals surface area contributed by atoms with Gasteiger partial charge in [0.25, 0.3) is 0 Å². The van der Waals surface area contributed by atoms with E-state index in [1.807, 2.05) is 6.92 Å². The average Bonchev–Trinajstić information content (AvgIpc) is 2.49. The van der Waals surface area contributed by atoms with Crippen LogP contribution in [-0.2, 0) is 9.47 Å². The fourth-order valence-electron chi connectivity index (χ4n) is 1.95. The summed E-state index contributed by atoms with van der Waals surface area (Å²) in [5, 5.41) is 0. The monoisotopic (exact) mass is 229 g/mol. The van der Waals surface area contributed by atoms with E-state index in [1.165, 1.54) is 0 Å². The molecule has 1 heterocycles. The molecule has 92 valence electrons. The lowest BCUT2D eigenvalue weighted by Crippen LogP contribution is -2.57. The molecule has 6 heteroatoms. The van der Waals surface area contributed by atoms with Crippen LogP contribution in [0, 0.1) is 0 Å². The Morgan fingerprint density at radius 1 is 1.44 bits per heavy atom. The Morgan fingerprint density at radius 3 is 2.62 bits per heavy atom. The smallest absolute Gasteiger partial charge is 0.346 e. The number of carbonyl (C=O) groups is 1. The van der Waals surface area contributed by atoms with Gasteiger partial charge in [0.1, 0.15) is 11.4 Å². The highest BCUT2D eigenvalue weighted by Gasteiger charge is 2.46. The number of urea groups is 1. The number of nitrogens with zero attached hydrogens (tertiary/aromatic N) is 2. The second kappa shape index (κ2) is 5.27. The first-order chi connectivity index (χ1) is 7.62. The third-order valence-electron chi connectivity index (χ3n) is 2.93. The molecule has 2 N–H and O–H groups in total. The van der Waals surface area contributed by atoms with Crippen LogP contribution in [0.3, 0.4) is 0 Å². The van der Waals surface area contributed by atoms with E-state index in [0.29, 0.717) is 32.0 Å². The van der Waals surface area contributed by atoms with E-state index in [9.17, 15) is 4.79 Å². The summed E-state index contributed by atoms with van der Waals surface area (Å²) in [6, 6.07) is -0.312. The Bertz CT molecular complexity index is 293. The van der Waals surface area contributed by atoms with Crippen molar-refractivity contribution in [1.82, 2.24) is 4.90 Å². The Kier molecular flexibility index (Phi) is 4.26. The largest absolute Gasteiger partial charge is 0.385 e. The molecule has 0 aliphatic carbocycles. The van der Waals surface area contributed by atoms with Gasteiger partial charge < -0.3 is 20.1 Å². The zero-order valence-electron chi connectivity index (χ0n) is 10.0. The van der Waals surface area contributed by atoms with E-state index in [1.54, 1.807) is 19.1 Å². The van der Waals surface area contributed by atoms with Gasteiger partial charge in [-0.15, -0.1) is 0 Å². The lowest BCUT2D eigenvalue weighted by molar-refractivity contribution is 0.0640. The van der Waals surface area contributed by atoms with Gasteiger partial charge in [0, 0.05) is 20.8 Å². The van der Waals surface area contributed by atoms with Gasteiger partial charge in [-0.2, -0.15) is 4.99 Å². The van der Waals surface area contributed by atoms with Crippen LogP contribution in [0.4, 0.5) is 4.79 Å². The van der Waals surface area contributed by atoms with Crippen LogP contribution in [-0.4, -0.2) is 56.3 Å². The SMILES string of the molecule is CCC1(COC)C(N)=NC(=O)N1CCOC. The summed E-state index contributed by atoms with van der Waals surface area (Å²) in [6.07, 6.45) is 0.672. The van der Waals surface area contributed by atoms with E-state index in [0.717, 1.165) is 0 Å². The third kappa shape index (κ3) is 2.03. The van der Waals surface area contributed by atoms with Crippen molar-refractivity contribution >= 4 is 11.9 Å². The highest BCUT2D eigenvalue weighted by molar-refractivity contribution is 6.05. The van der Waals surface area contributed by atoms with Crippen LogP contribution in [0.1, 0.15) is 13.3 Å². The number of amides is 2. The Morgan fingerprint density at radius 2 is 2.12 bits per heavy atom. The van der Waals surface area contributed by atoms with Crippen molar-refractivity contribution in [3.05, 3.63) is 0 Å². The first-order valence-electron chi connectivity index (χ1n) is 5.26. The summed E-state index contributed by atoms with van der Waals surface area (Å²) in [6.45, 7) is 3.24. The van der Waals surface area contributed by atoms with Crippen molar-refractivity contribution in [1.29, 1.82) is 0 Å². The second-order valence-corrected chi connectivity index (χ2v) is 3.74. The number of rotatable bonds is 6. The first-order valence-corrected chi connectivity index (χ1v) is 5.26. The lowest BCUT2D eigenvalue weighted by Gasteiger charge is -2.36. The maximum Gasteiger partial charge on any atom is 0.346 e. The molecule has 0 aromatic carbocycles. The van der Waals surface area contributed by atoms with Crippen LogP contribution < -0.4 is 5.73 Å². The van der Waals surface area contributed by atoms with E-state index in [2.05, 4.69) is 4.99 Å². The van der Waals surface area contributed by atoms with Crippen molar-refractivity contribution in [2.75, 3.05) is 34.0 Å². The van der Waals surface area contributed by atoms with Gasteiger partial charge in [-0.25, -0.2) is 4.79 Å². The van der Waals surface area contributed by atoms with Gasteiger partial charge in [0.15, 0.2) is 0 Å². The topological polar surface area (TPSA) is 77.2 Å². The number of hydrogen-bond acceptors (Lipinski definition) is 4. The minimum absolute atomic E-state index is 0.312. The second-order valence-electron chi connectivity index (χ2n) is 3.74. The zero-order chi connectivity index (χ0) is 12.2. The number of hydrogen-bond donors (Lipinski definition) is 1.